The van der Waals surface area contributed by atoms with Crippen molar-refractivity contribution in [3.05, 3.63) is 75.4 Å². The van der Waals surface area contributed by atoms with E-state index in [0.717, 1.165) is 17.3 Å². The average Bonchev–Trinajstić information content (AvgIpc) is 2.92. The van der Waals surface area contributed by atoms with Gasteiger partial charge in [-0.25, -0.2) is 9.79 Å². The molecule has 0 saturated heterocycles. The molecule has 138 valence electrons. The highest BCUT2D eigenvalue weighted by atomic mass is 35.5. The maximum absolute atomic E-state index is 12.3. The largest absolute Gasteiger partial charge is 0.508 e. The van der Waals surface area contributed by atoms with Gasteiger partial charge in [-0.2, -0.15) is 0 Å². The number of carbonyl (C=O) groups is 1. The van der Waals surface area contributed by atoms with Gasteiger partial charge in [0, 0.05) is 5.02 Å². The number of phenolic OH excluding ortho intramolecular Hbond substituents is 1. The second kappa shape index (κ2) is 8.33. The molecular formula is C20H16ClNO4S. The smallest absolute Gasteiger partial charge is 0.344 e. The van der Waals surface area contributed by atoms with Gasteiger partial charge in [-0.05, 0) is 48.9 Å². The summed E-state index contributed by atoms with van der Waals surface area (Å²) < 4.78 is 5.06. The lowest BCUT2D eigenvalue weighted by Crippen LogP contribution is -2.12. The number of esters is 1. The predicted octanol–water partition coefficient (Wildman–Crippen LogP) is 5.24. The van der Waals surface area contributed by atoms with Gasteiger partial charge < -0.3 is 14.9 Å². The number of halogens is 1. The Labute approximate surface area is 165 Å². The third-order valence-electron chi connectivity index (χ3n) is 3.60. The standard InChI is InChI=1S/C20H16ClNO4S/c1-2-26-20(25)17-18(24)16(10-12-6-8-15(23)9-7-12)27-19(17)22-14-5-3-4-13(21)11-14/h3-11,23-24H,2H2,1H3/b16-10+,22-19?. The highest BCUT2D eigenvalue weighted by molar-refractivity contribution is 8.18. The quantitative estimate of drug-likeness (QED) is 0.685. The first-order valence-corrected chi connectivity index (χ1v) is 9.31. The van der Waals surface area contributed by atoms with Crippen LogP contribution >= 0.6 is 23.4 Å². The van der Waals surface area contributed by atoms with Gasteiger partial charge in [0.05, 0.1) is 17.2 Å². The van der Waals surface area contributed by atoms with Crippen LogP contribution in [0, 0.1) is 0 Å². The molecule has 0 saturated carbocycles. The molecular weight excluding hydrogens is 386 g/mol. The summed E-state index contributed by atoms with van der Waals surface area (Å²) in [6.45, 7) is 1.88. The van der Waals surface area contributed by atoms with E-state index in [1.807, 2.05) is 0 Å². The molecule has 0 atom stereocenters. The Morgan fingerprint density at radius 3 is 2.63 bits per heavy atom. The highest BCUT2D eigenvalue weighted by Crippen LogP contribution is 2.40. The molecule has 0 aliphatic carbocycles. The molecule has 27 heavy (non-hydrogen) atoms. The summed E-state index contributed by atoms with van der Waals surface area (Å²) >= 11 is 7.16. The van der Waals surface area contributed by atoms with Crippen LogP contribution in [0.3, 0.4) is 0 Å². The molecule has 5 nitrogen and oxygen atoms in total. The van der Waals surface area contributed by atoms with E-state index >= 15 is 0 Å². The maximum atomic E-state index is 12.3. The van der Waals surface area contributed by atoms with E-state index in [9.17, 15) is 15.0 Å². The first kappa shape index (κ1) is 19.1. The third kappa shape index (κ3) is 4.53. The van der Waals surface area contributed by atoms with Gasteiger partial charge in [0.15, 0.2) is 0 Å². The number of carbonyl (C=O) groups excluding carboxylic acids is 1. The van der Waals surface area contributed by atoms with Crippen LogP contribution in [-0.4, -0.2) is 27.8 Å². The van der Waals surface area contributed by atoms with E-state index in [4.69, 9.17) is 16.3 Å². The van der Waals surface area contributed by atoms with E-state index in [1.54, 1.807) is 61.5 Å². The van der Waals surface area contributed by atoms with Crippen molar-refractivity contribution >= 4 is 46.1 Å². The molecule has 7 heteroatoms. The van der Waals surface area contributed by atoms with Crippen LogP contribution in [0.4, 0.5) is 5.69 Å². The van der Waals surface area contributed by atoms with Gasteiger partial charge in [-0.1, -0.05) is 41.6 Å². The number of hydrogen-bond acceptors (Lipinski definition) is 6. The first-order chi connectivity index (χ1) is 13.0. The van der Waals surface area contributed by atoms with Gasteiger partial charge >= 0.3 is 5.97 Å². The van der Waals surface area contributed by atoms with E-state index in [1.165, 1.54) is 0 Å². The van der Waals surface area contributed by atoms with Gasteiger partial charge in [-0.15, -0.1) is 0 Å². The summed E-state index contributed by atoms with van der Waals surface area (Å²) in [4.78, 5) is 17.3. The van der Waals surface area contributed by atoms with E-state index in [-0.39, 0.29) is 23.7 Å². The Hall–Kier alpha value is -2.70. The predicted molar refractivity (Wildman–Crippen MR) is 109 cm³/mol. The van der Waals surface area contributed by atoms with E-state index in [2.05, 4.69) is 4.99 Å². The first-order valence-electron chi connectivity index (χ1n) is 8.12. The zero-order valence-corrected chi connectivity index (χ0v) is 15.9. The van der Waals surface area contributed by atoms with Crippen molar-refractivity contribution in [2.45, 2.75) is 6.92 Å². The number of nitrogens with zero attached hydrogens (tertiary/aromatic N) is 1. The Kier molecular flexibility index (Phi) is 5.88. The van der Waals surface area contributed by atoms with Crippen LogP contribution in [0.15, 0.2) is 69.8 Å². The molecule has 3 rings (SSSR count). The van der Waals surface area contributed by atoms with Gasteiger partial charge in [0.2, 0.25) is 0 Å². The number of ether oxygens (including phenoxy) is 1. The summed E-state index contributed by atoms with van der Waals surface area (Å²) in [7, 11) is 0. The zero-order valence-electron chi connectivity index (χ0n) is 14.3. The number of hydrogen-bond donors (Lipinski definition) is 2. The van der Waals surface area contributed by atoms with Crippen LogP contribution in [0.2, 0.25) is 5.02 Å². The lowest BCUT2D eigenvalue weighted by atomic mass is 10.1. The summed E-state index contributed by atoms with van der Waals surface area (Å²) in [5.74, 6) is -0.684. The van der Waals surface area contributed by atoms with E-state index < -0.39 is 5.97 Å². The number of aromatic hydroxyl groups is 1. The number of rotatable bonds is 4. The second-order valence-electron chi connectivity index (χ2n) is 5.54. The van der Waals surface area contributed by atoms with Crippen LogP contribution in [0.25, 0.3) is 6.08 Å². The molecule has 1 aliphatic rings. The number of aliphatic imine (C=N–C) groups is 1. The lowest BCUT2D eigenvalue weighted by Gasteiger charge is -2.04. The molecule has 0 fully saturated rings. The van der Waals surface area contributed by atoms with Gasteiger partial charge in [0.25, 0.3) is 0 Å². The minimum Gasteiger partial charge on any atom is -0.508 e. The molecule has 1 heterocycles. The minimum absolute atomic E-state index is 0.0202. The van der Waals surface area contributed by atoms with Crippen LogP contribution in [0.1, 0.15) is 12.5 Å². The Morgan fingerprint density at radius 1 is 1.22 bits per heavy atom. The van der Waals surface area contributed by atoms with Crippen molar-refractivity contribution in [3.8, 4) is 5.75 Å². The number of aliphatic hydroxyl groups is 1. The summed E-state index contributed by atoms with van der Waals surface area (Å²) in [5, 5.41) is 20.8. The number of aliphatic hydroxyl groups excluding tert-OH is 1. The van der Waals surface area contributed by atoms with Crippen LogP contribution in [0.5, 0.6) is 5.75 Å². The second-order valence-corrected chi connectivity index (χ2v) is 7.01. The molecule has 2 aromatic rings. The number of thioether (sulfide) groups is 1. The van der Waals surface area contributed by atoms with Crippen molar-refractivity contribution in [2.24, 2.45) is 4.99 Å². The number of phenols is 1. The Morgan fingerprint density at radius 2 is 1.96 bits per heavy atom. The van der Waals surface area contributed by atoms with Crippen LogP contribution < -0.4 is 0 Å². The van der Waals surface area contributed by atoms with Crippen molar-refractivity contribution in [2.75, 3.05) is 6.61 Å². The molecule has 0 amide bonds. The molecule has 2 N–H and O–H groups in total. The molecule has 2 aromatic carbocycles. The van der Waals surface area contributed by atoms with Gasteiger partial charge in [0.1, 0.15) is 22.1 Å². The molecule has 0 bridgehead atoms. The minimum atomic E-state index is -0.641. The normalized spacial score (nSPS) is 17.0. The topological polar surface area (TPSA) is 79.1 Å². The fourth-order valence-corrected chi connectivity index (χ4v) is 3.60. The van der Waals surface area contributed by atoms with E-state index in [0.29, 0.717) is 20.7 Å². The summed E-state index contributed by atoms with van der Waals surface area (Å²) in [6, 6.07) is 13.4. The number of benzene rings is 2. The average molecular weight is 402 g/mol. The van der Waals surface area contributed by atoms with Crippen LogP contribution in [-0.2, 0) is 9.53 Å². The fraction of sp³-hybridized carbons (Fsp3) is 0.100. The van der Waals surface area contributed by atoms with Crippen molar-refractivity contribution in [1.29, 1.82) is 0 Å². The monoisotopic (exact) mass is 401 g/mol. The van der Waals surface area contributed by atoms with Crippen molar-refractivity contribution in [1.82, 2.24) is 0 Å². The van der Waals surface area contributed by atoms with Gasteiger partial charge in [-0.3, -0.25) is 0 Å². The maximum Gasteiger partial charge on any atom is 0.344 e. The van der Waals surface area contributed by atoms with Crippen molar-refractivity contribution < 1.29 is 19.7 Å². The SMILES string of the molecule is CCOC(=O)C1=C(O)/C(=C\c2ccc(O)cc2)SC1=Nc1cccc(Cl)c1. The molecule has 1 aliphatic heterocycles. The third-order valence-corrected chi connectivity index (χ3v) is 4.85. The zero-order chi connectivity index (χ0) is 19.4. The van der Waals surface area contributed by atoms with Crippen molar-refractivity contribution in [3.63, 3.8) is 0 Å². The lowest BCUT2D eigenvalue weighted by molar-refractivity contribution is -0.138. The summed E-state index contributed by atoms with van der Waals surface area (Å²) in [5.41, 5.74) is 1.34. The Bertz CT molecular complexity index is 964. The highest BCUT2D eigenvalue weighted by Gasteiger charge is 2.33. The Balaban J connectivity index is 2.03. The molecule has 0 radical (unpaired) electrons. The molecule has 0 unspecified atom stereocenters. The molecule has 0 spiro atoms. The summed E-state index contributed by atoms with van der Waals surface area (Å²) in [6.07, 6.45) is 1.71. The fourth-order valence-electron chi connectivity index (χ4n) is 2.38. The molecule has 0 aromatic heterocycles.